The summed E-state index contributed by atoms with van der Waals surface area (Å²) in [5, 5.41) is 14.3. The van der Waals surface area contributed by atoms with Crippen molar-refractivity contribution in [2.24, 2.45) is 5.41 Å². The number of nitrogens with one attached hydrogen (secondary N) is 2. The average Bonchev–Trinajstić information content (AvgIpc) is 2.35. The molecule has 0 saturated carbocycles. The van der Waals surface area contributed by atoms with Crippen molar-refractivity contribution >= 4 is 12.0 Å². The molecule has 0 aromatic rings. The zero-order valence-electron chi connectivity index (χ0n) is 13.3. The lowest BCUT2D eigenvalue weighted by atomic mass is 9.87. The molecule has 0 radical (unpaired) electrons. The first-order chi connectivity index (χ1) is 9.30. The number of carbonyl (C=O) groups excluding carboxylic acids is 1. The fourth-order valence-electron chi connectivity index (χ4n) is 2.01. The van der Waals surface area contributed by atoms with Crippen LogP contribution < -0.4 is 10.6 Å². The number of hydrogen-bond donors (Lipinski definition) is 3. The van der Waals surface area contributed by atoms with Crippen LogP contribution in [0.2, 0.25) is 0 Å². The van der Waals surface area contributed by atoms with Crippen LogP contribution in [0.15, 0.2) is 0 Å². The van der Waals surface area contributed by atoms with Crippen LogP contribution in [0, 0.1) is 5.41 Å². The minimum absolute atomic E-state index is 0.0379. The minimum Gasteiger partial charge on any atom is -0.481 e. The smallest absolute Gasteiger partial charge is 0.315 e. The number of aliphatic carboxylic acids is 1. The number of carboxylic acid groups (broad SMARTS) is 1. The molecule has 1 unspecified atom stereocenters. The number of hydrogen-bond acceptors (Lipinski definition) is 2. The van der Waals surface area contributed by atoms with Gasteiger partial charge in [0.15, 0.2) is 0 Å². The van der Waals surface area contributed by atoms with Crippen LogP contribution in [0.25, 0.3) is 0 Å². The van der Waals surface area contributed by atoms with E-state index in [1.807, 2.05) is 6.92 Å². The first-order valence-electron chi connectivity index (χ1n) is 7.57. The molecule has 0 saturated heterocycles. The Kier molecular flexibility index (Phi) is 9.01. The Balaban J connectivity index is 4.04. The molecule has 3 N–H and O–H groups in total. The molecule has 0 aromatic carbocycles. The van der Waals surface area contributed by atoms with Crippen LogP contribution in [-0.4, -0.2) is 29.7 Å². The van der Waals surface area contributed by atoms with Gasteiger partial charge in [-0.05, 0) is 18.3 Å². The Morgan fingerprint density at radius 3 is 2.35 bits per heavy atom. The topological polar surface area (TPSA) is 78.4 Å². The van der Waals surface area contributed by atoms with Crippen molar-refractivity contribution in [2.75, 3.05) is 6.54 Å². The SMILES string of the molecule is CCCCCC(C)(C)CNC(=O)NC(CC)CC(=O)O. The average molecular weight is 286 g/mol. The maximum Gasteiger partial charge on any atom is 0.315 e. The first-order valence-corrected chi connectivity index (χ1v) is 7.57. The van der Waals surface area contributed by atoms with E-state index in [9.17, 15) is 9.59 Å². The third-order valence-electron chi connectivity index (χ3n) is 3.43. The van der Waals surface area contributed by atoms with E-state index < -0.39 is 5.97 Å². The van der Waals surface area contributed by atoms with E-state index in [2.05, 4.69) is 31.4 Å². The molecule has 5 heteroatoms. The highest BCUT2D eigenvalue weighted by atomic mass is 16.4. The molecule has 0 bridgehead atoms. The predicted molar refractivity (Wildman–Crippen MR) is 80.8 cm³/mol. The van der Waals surface area contributed by atoms with Crippen LogP contribution in [0.3, 0.4) is 0 Å². The van der Waals surface area contributed by atoms with Crippen LogP contribution in [-0.2, 0) is 4.79 Å². The monoisotopic (exact) mass is 286 g/mol. The standard InChI is InChI=1S/C15H30N2O3/c1-5-7-8-9-15(3,4)11-16-14(20)17-12(6-2)10-13(18)19/h12H,5-11H2,1-4H3,(H,18,19)(H2,16,17,20). The van der Waals surface area contributed by atoms with Gasteiger partial charge < -0.3 is 15.7 Å². The third-order valence-corrected chi connectivity index (χ3v) is 3.43. The van der Waals surface area contributed by atoms with E-state index in [-0.39, 0.29) is 23.9 Å². The van der Waals surface area contributed by atoms with Gasteiger partial charge in [-0.15, -0.1) is 0 Å². The predicted octanol–water partition coefficient (Wildman–Crippen LogP) is 3.15. The molecule has 0 aliphatic heterocycles. The second kappa shape index (κ2) is 9.61. The summed E-state index contributed by atoms with van der Waals surface area (Å²) >= 11 is 0. The van der Waals surface area contributed by atoms with E-state index in [4.69, 9.17) is 5.11 Å². The number of unbranched alkanes of at least 4 members (excludes halogenated alkanes) is 2. The van der Waals surface area contributed by atoms with Crippen molar-refractivity contribution in [1.82, 2.24) is 10.6 Å². The van der Waals surface area contributed by atoms with Crippen LogP contribution >= 0.6 is 0 Å². The lowest BCUT2D eigenvalue weighted by Crippen LogP contribution is -2.45. The van der Waals surface area contributed by atoms with E-state index in [1.165, 1.54) is 19.3 Å². The minimum atomic E-state index is -0.892. The number of rotatable bonds is 10. The Labute approximate surface area is 122 Å². The molecule has 0 heterocycles. The van der Waals surface area contributed by atoms with Crippen molar-refractivity contribution < 1.29 is 14.7 Å². The van der Waals surface area contributed by atoms with E-state index in [0.717, 1.165) is 6.42 Å². The summed E-state index contributed by atoms with van der Waals surface area (Å²) in [6.45, 7) is 8.91. The maximum absolute atomic E-state index is 11.8. The summed E-state index contributed by atoms with van der Waals surface area (Å²) in [7, 11) is 0. The molecule has 2 amide bonds. The fourth-order valence-corrected chi connectivity index (χ4v) is 2.01. The Morgan fingerprint density at radius 1 is 1.20 bits per heavy atom. The fraction of sp³-hybridized carbons (Fsp3) is 0.867. The Bertz CT molecular complexity index is 303. The molecule has 20 heavy (non-hydrogen) atoms. The van der Waals surface area contributed by atoms with Gasteiger partial charge in [-0.1, -0.05) is 47.0 Å². The molecule has 0 spiro atoms. The molecule has 1 atom stereocenters. The quantitative estimate of drug-likeness (QED) is 0.540. The normalized spacial score (nSPS) is 12.8. The van der Waals surface area contributed by atoms with Gasteiger partial charge in [0, 0.05) is 12.6 Å². The van der Waals surface area contributed by atoms with E-state index >= 15 is 0 Å². The lowest BCUT2D eigenvalue weighted by Gasteiger charge is -2.25. The zero-order valence-corrected chi connectivity index (χ0v) is 13.3. The molecule has 0 aromatic heterocycles. The number of amides is 2. The van der Waals surface area contributed by atoms with Gasteiger partial charge >= 0.3 is 12.0 Å². The van der Waals surface area contributed by atoms with Crippen LogP contribution in [0.4, 0.5) is 4.79 Å². The molecular weight excluding hydrogens is 256 g/mol. The highest BCUT2D eigenvalue weighted by molar-refractivity contribution is 5.75. The highest BCUT2D eigenvalue weighted by Gasteiger charge is 2.19. The Hall–Kier alpha value is -1.26. The van der Waals surface area contributed by atoms with Crippen molar-refractivity contribution in [2.45, 2.75) is 72.3 Å². The summed E-state index contributed by atoms with van der Waals surface area (Å²) in [5.41, 5.74) is 0.0705. The molecule has 0 rings (SSSR count). The van der Waals surface area contributed by atoms with Gasteiger partial charge in [-0.2, -0.15) is 0 Å². The molecule has 5 nitrogen and oxygen atoms in total. The van der Waals surface area contributed by atoms with Crippen molar-refractivity contribution in [3.05, 3.63) is 0 Å². The van der Waals surface area contributed by atoms with Gasteiger partial charge in [0.2, 0.25) is 0 Å². The largest absolute Gasteiger partial charge is 0.481 e. The van der Waals surface area contributed by atoms with Crippen LogP contribution in [0.5, 0.6) is 0 Å². The van der Waals surface area contributed by atoms with Crippen molar-refractivity contribution in [1.29, 1.82) is 0 Å². The number of urea groups is 1. The molecule has 0 aliphatic carbocycles. The van der Waals surface area contributed by atoms with E-state index in [1.54, 1.807) is 0 Å². The summed E-state index contributed by atoms with van der Waals surface area (Å²) in [6, 6.07) is -0.586. The molecule has 0 aliphatic rings. The second-order valence-electron chi connectivity index (χ2n) is 6.15. The summed E-state index contributed by atoms with van der Waals surface area (Å²) in [6.07, 6.45) is 5.23. The van der Waals surface area contributed by atoms with Crippen molar-refractivity contribution in [3.63, 3.8) is 0 Å². The highest BCUT2D eigenvalue weighted by Crippen LogP contribution is 2.22. The third kappa shape index (κ3) is 9.64. The summed E-state index contributed by atoms with van der Waals surface area (Å²) in [5.74, 6) is -0.892. The number of carboxylic acids is 1. The zero-order chi connectivity index (χ0) is 15.6. The van der Waals surface area contributed by atoms with Crippen LogP contribution in [0.1, 0.15) is 66.2 Å². The van der Waals surface area contributed by atoms with E-state index in [0.29, 0.717) is 13.0 Å². The summed E-state index contributed by atoms with van der Waals surface area (Å²) in [4.78, 5) is 22.4. The molecule has 0 fully saturated rings. The number of carbonyl (C=O) groups is 2. The van der Waals surface area contributed by atoms with Gasteiger partial charge in [0.1, 0.15) is 0 Å². The lowest BCUT2D eigenvalue weighted by molar-refractivity contribution is -0.137. The summed E-state index contributed by atoms with van der Waals surface area (Å²) < 4.78 is 0. The Morgan fingerprint density at radius 2 is 1.85 bits per heavy atom. The molecule has 118 valence electrons. The van der Waals surface area contributed by atoms with Gasteiger partial charge in [0.05, 0.1) is 6.42 Å². The second-order valence-corrected chi connectivity index (χ2v) is 6.15. The van der Waals surface area contributed by atoms with Gasteiger partial charge in [-0.3, -0.25) is 4.79 Å². The van der Waals surface area contributed by atoms with Crippen molar-refractivity contribution in [3.8, 4) is 0 Å². The maximum atomic E-state index is 11.8. The molecular formula is C15H30N2O3. The van der Waals surface area contributed by atoms with Gasteiger partial charge in [0.25, 0.3) is 0 Å². The van der Waals surface area contributed by atoms with Gasteiger partial charge in [-0.25, -0.2) is 4.79 Å². The first kappa shape index (κ1) is 18.7.